The van der Waals surface area contributed by atoms with Crippen LogP contribution in [0.3, 0.4) is 0 Å². The van der Waals surface area contributed by atoms with Crippen LogP contribution in [0.5, 0.6) is 0 Å². The lowest BCUT2D eigenvalue weighted by Gasteiger charge is -2.20. The van der Waals surface area contributed by atoms with Crippen molar-refractivity contribution in [3.63, 3.8) is 0 Å². The molecule has 2 rings (SSSR count). The predicted molar refractivity (Wildman–Crippen MR) is 101 cm³/mol. The van der Waals surface area contributed by atoms with Gasteiger partial charge in [-0.05, 0) is 79.8 Å². The molecule has 5 heteroatoms. The van der Waals surface area contributed by atoms with Crippen molar-refractivity contribution in [2.75, 3.05) is 5.32 Å². The second-order valence-electron chi connectivity index (χ2n) is 6.25. The topological polar surface area (TPSA) is 58.2 Å². The minimum absolute atomic E-state index is 0.164. The minimum atomic E-state index is -0.308. The number of benzene rings is 2. The molecule has 0 aromatic heterocycles. The predicted octanol–water partition coefficient (Wildman–Crippen LogP) is 4.07. The summed E-state index contributed by atoms with van der Waals surface area (Å²) in [6.45, 7) is 5.77. The molecular weight excluding hydrogens is 403 g/mol. The first kappa shape index (κ1) is 17.5. The van der Waals surface area contributed by atoms with Crippen molar-refractivity contribution in [3.05, 3.63) is 63.2 Å². The molecule has 0 atom stereocenters. The molecule has 2 amide bonds. The molecule has 0 radical (unpaired) electrons. The Morgan fingerprint density at radius 3 is 2.13 bits per heavy atom. The normalized spacial score (nSPS) is 11.0. The average molecular weight is 422 g/mol. The van der Waals surface area contributed by atoms with Gasteiger partial charge in [0.25, 0.3) is 11.8 Å². The van der Waals surface area contributed by atoms with Crippen LogP contribution in [0.25, 0.3) is 0 Å². The molecule has 0 saturated carbocycles. The summed E-state index contributed by atoms with van der Waals surface area (Å²) in [7, 11) is 0. The zero-order valence-corrected chi connectivity index (χ0v) is 15.5. The Morgan fingerprint density at radius 1 is 0.913 bits per heavy atom. The van der Waals surface area contributed by atoms with Gasteiger partial charge in [0.1, 0.15) is 0 Å². The molecule has 0 fully saturated rings. The van der Waals surface area contributed by atoms with Crippen LogP contribution in [0.2, 0.25) is 0 Å². The van der Waals surface area contributed by atoms with Crippen molar-refractivity contribution in [1.82, 2.24) is 5.32 Å². The van der Waals surface area contributed by atoms with E-state index >= 15 is 0 Å². The van der Waals surface area contributed by atoms with Gasteiger partial charge in [0.2, 0.25) is 0 Å². The fraction of sp³-hybridized carbons (Fsp3) is 0.222. The van der Waals surface area contributed by atoms with Crippen LogP contribution >= 0.6 is 22.6 Å². The van der Waals surface area contributed by atoms with E-state index in [1.54, 1.807) is 30.3 Å². The lowest BCUT2D eigenvalue weighted by Crippen LogP contribution is -2.40. The summed E-state index contributed by atoms with van der Waals surface area (Å²) in [6.07, 6.45) is 0. The van der Waals surface area contributed by atoms with Crippen LogP contribution in [0, 0.1) is 3.57 Å². The standard InChI is InChI=1S/C18H19IN2O2/c1-18(2,3)21-17(23)13-7-5-9-15(11-13)20-16(22)12-6-4-8-14(19)10-12/h4-11H,1-3H3,(H,20,22)(H,21,23). The molecule has 4 nitrogen and oxygen atoms in total. The largest absolute Gasteiger partial charge is 0.347 e. The van der Waals surface area contributed by atoms with Crippen molar-refractivity contribution in [1.29, 1.82) is 0 Å². The summed E-state index contributed by atoms with van der Waals surface area (Å²) in [5, 5.41) is 5.72. The monoisotopic (exact) mass is 422 g/mol. The molecule has 2 N–H and O–H groups in total. The maximum Gasteiger partial charge on any atom is 0.255 e. The van der Waals surface area contributed by atoms with E-state index in [0.29, 0.717) is 16.8 Å². The number of amides is 2. The highest BCUT2D eigenvalue weighted by Gasteiger charge is 2.15. The second kappa shape index (κ2) is 7.12. The Kier molecular flexibility index (Phi) is 5.41. The van der Waals surface area contributed by atoms with Gasteiger partial charge in [-0.3, -0.25) is 9.59 Å². The lowest BCUT2D eigenvalue weighted by molar-refractivity contribution is 0.0918. The first-order valence-electron chi connectivity index (χ1n) is 7.24. The fourth-order valence-corrected chi connectivity index (χ4v) is 2.53. The highest BCUT2D eigenvalue weighted by molar-refractivity contribution is 14.1. The minimum Gasteiger partial charge on any atom is -0.347 e. The zero-order chi connectivity index (χ0) is 17.0. The lowest BCUT2D eigenvalue weighted by atomic mass is 10.1. The summed E-state index contributed by atoms with van der Waals surface area (Å²) >= 11 is 2.16. The number of hydrogen-bond acceptors (Lipinski definition) is 2. The molecule has 0 spiro atoms. The van der Waals surface area contributed by atoms with E-state index in [1.807, 2.05) is 39.0 Å². The van der Waals surface area contributed by atoms with E-state index in [4.69, 9.17) is 0 Å². The molecule has 2 aromatic rings. The quantitative estimate of drug-likeness (QED) is 0.733. The third-order valence-electron chi connectivity index (χ3n) is 2.96. The summed E-state index contributed by atoms with van der Waals surface area (Å²) in [6, 6.07) is 14.2. The molecule has 120 valence electrons. The molecule has 0 aliphatic carbocycles. The van der Waals surface area contributed by atoms with Crippen LogP contribution < -0.4 is 10.6 Å². The van der Waals surface area contributed by atoms with Crippen LogP contribution in [0.15, 0.2) is 48.5 Å². The fourth-order valence-electron chi connectivity index (χ4n) is 1.98. The molecule has 0 aliphatic heterocycles. The number of rotatable bonds is 3. The molecule has 0 aliphatic rings. The van der Waals surface area contributed by atoms with Crippen LogP contribution in [0.4, 0.5) is 5.69 Å². The van der Waals surface area contributed by atoms with E-state index in [-0.39, 0.29) is 17.4 Å². The first-order chi connectivity index (χ1) is 10.7. The maximum atomic E-state index is 12.3. The van der Waals surface area contributed by atoms with Crippen LogP contribution in [-0.2, 0) is 0 Å². The Balaban J connectivity index is 2.14. The molecule has 23 heavy (non-hydrogen) atoms. The van der Waals surface area contributed by atoms with Gasteiger partial charge < -0.3 is 10.6 Å². The number of anilines is 1. The Labute approximate surface area is 149 Å². The van der Waals surface area contributed by atoms with E-state index in [0.717, 1.165) is 3.57 Å². The molecule has 2 aromatic carbocycles. The molecule has 0 unspecified atom stereocenters. The van der Waals surface area contributed by atoms with Gasteiger partial charge in [0, 0.05) is 25.9 Å². The van der Waals surface area contributed by atoms with Gasteiger partial charge in [-0.15, -0.1) is 0 Å². The summed E-state index contributed by atoms with van der Waals surface area (Å²) in [5.74, 6) is -0.361. The Bertz CT molecular complexity index is 736. The highest BCUT2D eigenvalue weighted by Crippen LogP contribution is 2.14. The van der Waals surface area contributed by atoms with Gasteiger partial charge >= 0.3 is 0 Å². The van der Waals surface area contributed by atoms with Crippen molar-refractivity contribution < 1.29 is 9.59 Å². The SMILES string of the molecule is CC(C)(C)NC(=O)c1cccc(NC(=O)c2cccc(I)c2)c1. The van der Waals surface area contributed by atoms with Gasteiger partial charge in [-0.2, -0.15) is 0 Å². The molecule has 0 heterocycles. The van der Waals surface area contributed by atoms with Crippen LogP contribution in [-0.4, -0.2) is 17.4 Å². The highest BCUT2D eigenvalue weighted by atomic mass is 127. The number of nitrogens with one attached hydrogen (secondary N) is 2. The second-order valence-corrected chi connectivity index (χ2v) is 7.50. The van der Waals surface area contributed by atoms with Gasteiger partial charge in [0.15, 0.2) is 0 Å². The van der Waals surface area contributed by atoms with E-state index < -0.39 is 0 Å². The number of hydrogen-bond donors (Lipinski definition) is 2. The third kappa shape index (κ3) is 5.35. The first-order valence-corrected chi connectivity index (χ1v) is 8.32. The summed E-state index contributed by atoms with van der Waals surface area (Å²) < 4.78 is 0.994. The van der Waals surface area contributed by atoms with Crippen molar-refractivity contribution >= 4 is 40.1 Å². The average Bonchev–Trinajstić information content (AvgIpc) is 2.45. The van der Waals surface area contributed by atoms with Gasteiger partial charge in [-0.25, -0.2) is 0 Å². The number of carbonyl (C=O) groups excluding carboxylic acids is 2. The Hall–Kier alpha value is -1.89. The molecular formula is C18H19IN2O2. The number of carbonyl (C=O) groups is 2. The van der Waals surface area contributed by atoms with Gasteiger partial charge in [0.05, 0.1) is 0 Å². The van der Waals surface area contributed by atoms with Crippen molar-refractivity contribution in [2.45, 2.75) is 26.3 Å². The Morgan fingerprint density at radius 2 is 1.52 bits per heavy atom. The zero-order valence-electron chi connectivity index (χ0n) is 13.3. The molecule has 0 bridgehead atoms. The van der Waals surface area contributed by atoms with Crippen molar-refractivity contribution in [3.8, 4) is 0 Å². The summed E-state index contributed by atoms with van der Waals surface area (Å²) in [4.78, 5) is 24.4. The number of halogens is 1. The van der Waals surface area contributed by atoms with E-state index in [2.05, 4.69) is 33.2 Å². The van der Waals surface area contributed by atoms with E-state index in [9.17, 15) is 9.59 Å². The van der Waals surface area contributed by atoms with E-state index in [1.165, 1.54) is 0 Å². The van der Waals surface area contributed by atoms with Crippen molar-refractivity contribution in [2.24, 2.45) is 0 Å². The van der Waals surface area contributed by atoms with Gasteiger partial charge in [-0.1, -0.05) is 12.1 Å². The van der Waals surface area contributed by atoms with Crippen LogP contribution in [0.1, 0.15) is 41.5 Å². The third-order valence-corrected chi connectivity index (χ3v) is 3.63. The summed E-state index contributed by atoms with van der Waals surface area (Å²) in [5.41, 5.74) is 1.38. The smallest absolute Gasteiger partial charge is 0.255 e. The molecule has 0 saturated heterocycles. The maximum absolute atomic E-state index is 12.3.